The normalized spacial score (nSPS) is 13.4. The van der Waals surface area contributed by atoms with E-state index < -0.39 is 0 Å². The van der Waals surface area contributed by atoms with Gasteiger partial charge in [-0.2, -0.15) is 0 Å². The summed E-state index contributed by atoms with van der Waals surface area (Å²) >= 11 is 0. The zero-order chi connectivity index (χ0) is 11.4. The molecule has 0 unspecified atom stereocenters. The summed E-state index contributed by atoms with van der Waals surface area (Å²) in [5.41, 5.74) is 11.6. The van der Waals surface area contributed by atoms with Gasteiger partial charge in [-0.1, -0.05) is 17.2 Å². The standard InChI is InChI=1S/C11H14N4O/c12-14-13-4-6-15-5-3-10-7-9(8-16)1-2-11(10)15/h1-2,7,16H,3-6,8H2. The Morgan fingerprint density at radius 2 is 2.38 bits per heavy atom. The Bertz CT molecular complexity index is 426. The third-order valence-corrected chi connectivity index (χ3v) is 2.85. The summed E-state index contributed by atoms with van der Waals surface area (Å²) in [7, 11) is 0. The van der Waals surface area contributed by atoms with Crippen LogP contribution in [0.25, 0.3) is 10.4 Å². The van der Waals surface area contributed by atoms with Crippen molar-refractivity contribution in [3.8, 4) is 0 Å². The second kappa shape index (κ2) is 4.88. The zero-order valence-corrected chi connectivity index (χ0v) is 9.00. The molecule has 0 saturated carbocycles. The van der Waals surface area contributed by atoms with E-state index in [0.29, 0.717) is 6.54 Å². The Kier molecular flexibility index (Phi) is 3.29. The molecule has 0 amide bonds. The van der Waals surface area contributed by atoms with E-state index in [4.69, 9.17) is 10.6 Å². The van der Waals surface area contributed by atoms with Gasteiger partial charge in [0.2, 0.25) is 0 Å². The maximum atomic E-state index is 9.04. The van der Waals surface area contributed by atoms with Gasteiger partial charge in [-0.05, 0) is 29.1 Å². The zero-order valence-electron chi connectivity index (χ0n) is 9.00. The van der Waals surface area contributed by atoms with E-state index in [0.717, 1.165) is 25.1 Å². The molecule has 1 aromatic carbocycles. The molecule has 0 aliphatic carbocycles. The molecular weight excluding hydrogens is 204 g/mol. The highest BCUT2D eigenvalue weighted by Gasteiger charge is 2.18. The summed E-state index contributed by atoms with van der Waals surface area (Å²) in [6, 6.07) is 6.01. The average Bonchev–Trinajstić information content (AvgIpc) is 2.72. The van der Waals surface area contributed by atoms with Crippen molar-refractivity contribution >= 4 is 5.69 Å². The summed E-state index contributed by atoms with van der Waals surface area (Å²) in [6.07, 6.45) is 0.999. The van der Waals surface area contributed by atoms with Crippen molar-refractivity contribution in [2.24, 2.45) is 5.11 Å². The van der Waals surface area contributed by atoms with Gasteiger partial charge in [0.1, 0.15) is 0 Å². The molecule has 0 fully saturated rings. The van der Waals surface area contributed by atoms with E-state index in [9.17, 15) is 0 Å². The van der Waals surface area contributed by atoms with Crippen LogP contribution in [0, 0.1) is 0 Å². The minimum atomic E-state index is 0.0893. The molecular formula is C11H14N4O. The minimum Gasteiger partial charge on any atom is -0.392 e. The van der Waals surface area contributed by atoms with E-state index in [-0.39, 0.29) is 6.61 Å². The van der Waals surface area contributed by atoms with Gasteiger partial charge in [0.25, 0.3) is 0 Å². The highest BCUT2D eigenvalue weighted by molar-refractivity contribution is 5.59. The third-order valence-electron chi connectivity index (χ3n) is 2.85. The lowest BCUT2D eigenvalue weighted by atomic mass is 10.1. The maximum absolute atomic E-state index is 9.04. The number of aliphatic hydroxyl groups excluding tert-OH is 1. The van der Waals surface area contributed by atoms with E-state index in [1.54, 1.807) is 0 Å². The molecule has 0 atom stereocenters. The fraction of sp³-hybridized carbons (Fsp3) is 0.455. The van der Waals surface area contributed by atoms with Gasteiger partial charge < -0.3 is 10.0 Å². The number of benzene rings is 1. The smallest absolute Gasteiger partial charge is 0.0681 e. The molecule has 1 heterocycles. The number of azide groups is 1. The quantitative estimate of drug-likeness (QED) is 0.476. The number of anilines is 1. The van der Waals surface area contributed by atoms with Gasteiger partial charge in [-0.25, -0.2) is 0 Å². The third kappa shape index (κ3) is 2.10. The Labute approximate surface area is 93.9 Å². The molecule has 0 bridgehead atoms. The van der Waals surface area contributed by atoms with Crippen LogP contribution in [0.4, 0.5) is 5.69 Å². The van der Waals surface area contributed by atoms with Crippen LogP contribution in [-0.2, 0) is 13.0 Å². The SMILES string of the molecule is [N-]=[N+]=NCCN1CCc2cc(CO)ccc21. The lowest BCUT2D eigenvalue weighted by Crippen LogP contribution is -2.23. The maximum Gasteiger partial charge on any atom is 0.0681 e. The van der Waals surface area contributed by atoms with Gasteiger partial charge in [0.05, 0.1) is 6.61 Å². The predicted molar refractivity (Wildman–Crippen MR) is 62.3 cm³/mol. The molecule has 84 valence electrons. The number of aliphatic hydroxyl groups is 1. The van der Waals surface area contributed by atoms with Gasteiger partial charge in [-0.3, -0.25) is 0 Å². The fourth-order valence-corrected chi connectivity index (χ4v) is 2.06. The van der Waals surface area contributed by atoms with Crippen LogP contribution in [0.2, 0.25) is 0 Å². The topological polar surface area (TPSA) is 72.2 Å². The van der Waals surface area contributed by atoms with E-state index in [1.165, 1.54) is 11.3 Å². The van der Waals surface area contributed by atoms with Crippen molar-refractivity contribution in [3.05, 3.63) is 39.8 Å². The van der Waals surface area contributed by atoms with Crippen molar-refractivity contribution in [1.82, 2.24) is 0 Å². The van der Waals surface area contributed by atoms with Crippen LogP contribution >= 0.6 is 0 Å². The van der Waals surface area contributed by atoms with Gasteiger partial charge in [0, 0.05) is 30.2 Å². The average molecular weight is 218 g/mol. The second-order valence-electron chi connectivity index (χ2n) is 3.81. The Hall–Kier alpha value is -1.71. The number of rotatable bonds is 4. The van der Waals surface area contributed by atoms with Crippen molar-refractivity contribution in [2.75, 3.05) is 24.5 Å². The summed E-state index contributed by atoms with van der Waals surface area (Å²) in [6.45, 7) is 2.31. The second-order valence-corrected chi connectivity index (χ2v) is 3.81. The first-order valence-electron chi connectivity index (χ1n) is 5.33. The highest BCUT2D eigenvalue weighted by atomic mass is 16.3. The summed E-state index contributed by atoms with van der Waals surface area (Å²) in [5, 5.41) is 12.6. The van der Waals surface area contributed by atoms with Crippen molar-refractivity contribution in [3.63, 3.8) is 0 Å². The molecule has 0 spiro atoms. The molecule has 1 N–H and O–H groups in total. The first kappa shape index (κ1) is 10.8. The highest BCUT2D eigenvalue weighted by Crippen LogP contribution is 2.28. The van der Waals surface area contributed by atoms with Crippen molar-refractivity contribution in [2.45, 2.75) is 13.0 Å². The van der Waals surface area contributed by atoms with Gasteiger partial charge in [-0.15, -0.1) is 0 Å². The molecule has 0 radical (unpaired) electrons. The Morgan fingerprint density at radius 1 is 1.50 bits per heavy atom. The molecule has 5 nitrogen and oxygen atoms in total. The predicted octanol–water partition coefficient (Wildman–Crippen LogP) is 1.85. The molecule has 2 rings (SSSR count). The lowest BCUT2D eigenvalue weighted by Gasteiger charge is -2.18. The Balaban J connectivity index is 2.10. The van der Waals surface area contributed by atoms with Crippen LogP contribution in [0.15, 0.2) is 23.3 Å². The first-order valence-corrected chi connectivity index (χ1v) is 5.33. The summed E-state index contributed by atoms with van der Waals surface area (Å²) in [4.78, 5) is 4.96. The molecule has 0 saturated heterocycles. The van der Waals surface area contributed by atoms with E-state index in [1.807, 2.05) is 18.2 Å². The van der Waals surface area contributed by atoms with Crippen molar-refractivity contribution in [1.29, 1.82) is 0 Å². The number of nitrogens with zero attached hydrogens (tertiary/aromatic N) is 4. The van der Waals surface area contributed by atoms with Crippen LogP contribution in [0.3, 0.4) is 0 Å². The molecule has 0 aromatic heterocycles. The minimum absolute atomic E-state index is 0.0893. The number of hydrogen-bond acceptors (Lipinski definition) is 3. The van der Waals surface area contributed by atoms with Crippen LogP contribution in [0.5, 0.6) is 0 Å². The lowest BCUT2D eigenvalue weighted by molar-refractivity contribution is 0.282. The molecule has 1 aliphatic rings. The Morgan fingerprint density at radius 3 is 3.12 bits per heavy atom. The molecule has 1 aromatic rings. The molecule has 1 aliphatic heterocycles. The first-order chi connectivity index (χ1) is 7.85. The van der Waals surface area contributed by atoms with Gasteiger partial charge >= 0.3 is 0 Å². The van der Waals surface area contributed by atoms with Crippen molar-refractivity contribution < 1.29 is 5.11 Å². The largest absolute Gasteiger partial charge is 0.392 e. The van der Waals surface area contributed by atoms with Crippen LogP contribution < -0.4 is 4.90 Å². The summed E-state index contributed by atoms with van der Waals surface area (Å²) in [5.74, 6) is 0. The number of hydrogen-bond donors (Lipinski definition) is 1. The fourth-order valence-electron chi connectivity index (χ4n) is 2.06. The monoisotopic (exact) mass is 218 g/mol. The van der Waals surface area contributed by atoms with E-state index in [2.05, 4.69) is 14.9 Å². The van der Waals surface area contributed by atoms with Crippen LogP contribution in [-0.4, -0.2) is 24.7 Å². The van der Waals surface area contributed by atoms with Crippen LogP contribution in [0.1, 0.15) is 11.1 Å². The number of fused-ring (bicyclic) bond motifs is 1. The molecule has 5 heteroatoms. The van der Waals surface area contributed by atoms with Gasteiger partial charge in [0.15, 0.2) is 0 Å². The van der Waals surface area contributed by atoms with E-state index >= 15 is 0 Å². The molecule has 16 heavy (non-hydrogen) atoms. The summed E-state index contributed by atoms with van der Waals surface area (Å²) < 4.78 is 0.